The van der Waals surface area contributed by atoms with Crippen molar-refractivity contribution < 1.29 is 4.74 Å². The van der Waals surface area contributed by atoms with Gasteiger partial charge in [0, 0.05) is 48.4 Å². The Morgan fingerprint density at radius 1 is 1.40 bits per heavy atom. The van der Waals surface area contributed by atoms with E-state index >= 15 is 0 Å². The molecule has 4 nitrogen and oxygen atoms in total. The maximum atomic E-state index is 6.35. The molecule has 1 fully saturated rings. The second kappa shape index (κ2) is 6.95. The van der Waals surface area contributed by atoms with Crippen molar-refractivity contribution in [3.8, 4) is 0 Å². The minimum absolute atomic E-state index is 0.135. The van der Waals surface area contributed by atoms with E-state index < -0.39 is 0 Å². The first-order chi connectivity index (χ1) is 12.1. The van der Waals surface area contributed by atoms with E-state index in [2.05, 4.69) is 34.8 Å². The van der Waals surface area contributed by atoms with Crippen LogP contribution >= 0.6 is 22.9 Å². The van der Waals surface area contributed by atoms with Gasteiger partial charge in [0.25, 0.3) is 0 Å². The molecule has 0 bridgehead atoms. The summed E-state index contributed by atoms with van der Waals surface area (Å²) < 4.78 is 7.23. The van der Waals surface area contributed by atoms with Gasteiger partial charge in [-0.1, -0.05) is 18.5 Å². The molecule has 2 aromatic rings. The Bertz CT molecular complexity index is 748. The average molecular weight is 378 g/mol. The van der Waals surface area contributed by atoms with Crippen LogP contribution in [0.25, 0.3) is 0 Å². The van der Waals surface area contributed by atoms with Crippen LogP contribution in [0.5, 0.6) is 0 Å². The number of nitrogens with zero attached hydrogens (tertiary/aromatic N) is 3. The molecule has 4 heterocycles. The molecule has 1 unspecified atom stereocenters. The number of fused-ring (bicyclic) bond motifs is 2. The van der Waals surface area contributed by atoms with Gasteiger partial charge in [-0.2, -0.15) is 0 Å². The predicted molar refractivity (Wildman–Crippen MR) is 101 cm³/mol. The first kappa shape index (κ1) is 17.4. The number of halogens is 1. The molecular formula is C19H24ClN3OS. The molecule has 6 heteroatoms. The summed E-state index contributed by atoms with van der Waals surface area (Å²) in [5.41, 5.74) is 2.44. The summed E-state index contributed by atoms with van der Waals surface area (Å²) in [4.78, 5) is 12.7. The van der Waals surface area contributed by atoms with E-state index in [-0.39, 0.29) is 5.60 Å². The largest absolute Gasteiger partial charge is 0.369 e. The van der Waals surface area contributed by atoms with E-state index in [0.29, 0.717) is 6.04 Å². The van der Waals surface area contributed by atoms with Crippen molar-refractivity contribution in [2.24, 2.45) is 0 Å². The molecular weight excluding hydrogens is 354 g/mol. The number of hydrogen-bond acceptors (Lipinski definition) is 5. The first-order valence-corrected chi connectivity index (χ1v) is 10.3. The van der Waals surface area contributed by atoms with Gasteiger partial charge < -0.3 is 4.74 Å². The normalized spacial score (nSPS) is 26.8. The third kappa shape index (κ3) is 3.35. The second-order valence-corrected chi connectivity index (χ2v) is 8.82. The molecule has 0 saturated carbocycles. The van der Waals surface area contributed by atoms with Crippen molar-refractivity contribution >= 4 is 22.9 Å². The van der Waals surface area contributed by atoms with E-state index in [4.69, 9.17) is 16.3 Å². The van der Waals surface area contributed by atoms with E-state index in [0.717, 1.165) is 55.5 Å². The summed E-state index contributed by atoms with van der Waals surface area (Å²) in [5, 5.41) is 0. The molecule has 2 aliphatic heterocycles. The Labute approximate surface area is 158 Å². The quantitative estimate of drug-likeness (QED) is 0.803. The van der Waals surface area contributed by atoms with Gasteiger partial charge in [-0.25, -0.2) is 9.97 Å². The van der Waals surface area contributed by atoms with Crippen molar-refractivity contribution in [1.29, 1.82) is 0 Å². The Kier molecular flexibility index (Phi) is 4.84. The third-order valence-electron chi connectivity index (χ3n) is 5.45. The number of thiophene rings is 1. The first-order valence-electron chi connectivity index (χ1n) is 9.06. The molecule has 0 radical (unpaired) electrons. The standard InChI is InChI=1S/C19H24ClN3OS/c1-3-17-21-10-14(11-22-17)12-23-6-5-19(9-13(23)2)18-15(4-7-24-19)8-16(20)25-18/h8,10-11,13H,3-7,9,12H2,1-2H3/t13-,19?/m0/s1. The molecule has 0 aliphatic carbocycles. The molecule has 4 rings (SSSR count). The van der Waals surface area contributed by atoms with Crippen molar-refractivity contribution in [2.75, 3.05) is 13.2 Å². The number of piperidine rings is 1. The molecule has 134 valence electrons. The van der Waals surface area contributed by atoms with E-state index in [1.54, 1.807) is 11.3 Å². The SMILES string of the molecule is CCc1ncc(CN2CCC3(C[C@@H]2C)OCCc2cc(Cl)sc23)cn1. The van der Waals surface area contributed by atoms with Crippen molar-refractivity contribution in [2.45, 2.75) is 57.7 Å². The number of hydrogen-bond donors (Lipinski definition) is 0. The van der Waals surface area contributed by atoms with Gasteiger partial charge in [0.1, 0.15) is 11.4 Å². The maximum Gasteiger partial charge on any atom is 0.127 e. The summed E-state index contributed by atoms with van der Waals surface area (Å²) in [7, 11) is 0. The van der Waals surface area contributed by atoms with Crippen LogP contribution in [-0.2, 0) is 29.7 Å². The number of likely N-dealkylation sites (tertiary alicyclic amines) is 1. The van der Waals surface area contributed by atoms with Crippen molar-refractivity contribution in [3.05, 3.63) is 44.6 Å². The number of aryl methyl sites for hydroxylation is 1. The lowest BCUT2D eigenvalue weighted by Gasteiger charge is -2.47. The predicted octanol–water partition coefficient (Wildman–Crippen LogP) is 4.21. The maximum absolute atomic E-state index is 6.35. The minimum Gasteiger partial charge on any atom is -0.369 e. The second-order valence-electron chi connectivity index (χ2n) is 7.13. The zero-order valence-corrected chi connectivity index (χ0v) is 16.4. The third-order valence-corrected chi connectivity index (χ3v) is 6.95. The molecule has 1 saturated heterocycles. The fraction of sp³-hybridized carbons (Fsp3) is 0.579. The number of aromatic nitrogens is 2. The van der Waals surface area contributed by atoms with Crippen LogP contribution in [0.15, 0.2) is 18.5 Å². The van der Waals surface area contributed by atoms with Gasteiger partial charge in [0.2, 0.25) is 0 Å². The lowest BCUT2D eigenvalue weighted by Crippen LogP contribution is -2.49. The minimum atomic E-state index is -0.135. The van der Waals surface area contributed by atoms with Crippen molar-refractivity contribution in [1.82, 2.24) is 14.9 Å². The highest BCUT2D eigenvalue weighted by Crippen LogP contribution is 2.48. The number of ether oxygens (including phenoxy) is 1. The van der Waals surface area contributed by atoms with Gasteiger partial charge in [-0.05, 0) is 37.8 Å². The van der Waals surface area contributed by atoms with Gasteiger partial charge in [0.15, 0.2) is 0 Å². The Morgan fingerprint density at radius 3 is 2.92 bits per heavy atom. The average Bonchev–Trinajstić information content (AvgIpc) is 3.00. The summed E-state index contributed by atoms with van der Waals surface area (Å²) in [5.74, 6) is 0.909. The zero-order valence-electron chi connectivity index (χ0n) is 14.8. The fourth-order valence-corrected chi connectivity index (χ4v) is 5.58. The smallest absolute Gasteiger partial charge is 0.127 e. The molecule has 0 amide bonds. The zero-order chi connectivity index (χ0) is 17.4. The molecule has 0 N–H and O–H groups in total. The van der Waals surface area contributed by atoms with Gasteiger partial charge in [0.05, 0.1) is 10.9 Å². The monoisotopic (exact) mass is 377 g/mol. The molecule has 0 aromatic carbocycles. The summed E-state index contributed by atoms with van der Waals surface area (Å²) in [6.45, 7) is 7.11. The molecule has 2 atom stereocenters. The van der Waals surface area contributed by atoms with Crippen LogP contribution in [0.1, 0.15) is 48.5 Å². The van der Waals surface area contributed by atoms with E-state index in [1.807, 2.05) is 12.4 Å². The van der Waals surface area contributed by atoms with Crippen LogP contribution in [-0.4, -0.2) is 34.1 Å². The van der Waals surface area contributed by atoms with Gasteiger partial charge in [-0.3, -0.25) is 4.90 Å². The fourth-order valence-electron chi connectivity index (χ4n) is 4.09. The molecule has 2 aromatic heterocycles. The molecule has 1 spiro atoms. The summed E-state index contributed by atoms with van der Waals surface area (Å²) in [6, 6.07) is 2.58. The van der Waals surface area contributed by atoms with Crippen LogP contribution in [0, 0.1) is 0 Å². The van der Waals surface area contributed by atoms with Crippen molar-refractivity contribution in [3.63, 3.8) is 0 Å². The molecule has 25 heavy (non-hydrogen) atoms. The highest BCUT2D eigenvalue weighted by atomic mass is 35.5. The Hall–Kier alpha value is -1.01. The Balaban J connectivity index is 1.49. The van der Waals surface area contributed by atoms with E-state index in [9.17, 15) is 0 Å². The summed E-state index contributed by atoms with van der Waals surface area (Å²) >= 11 is 8.00. The highest BCUT2D eigenvalue weighted by Gasteiger charge is 2.44. The summed E-state index contributed by atoms with van der Waals surface area (Å²) in [6.07, 6.45) is 7.85. The van der Waals surface area contributed by atoms with Crippen LogP contribution < -0.4 is 0 Å². The number of rotatable bonds is 3. The van der Waals surface area contributed by atoms with E-state index in [1.165, 1.54) is 16.0 Å². The lowest BCUT2D eigenvalue weighted by atomic mass is 9.82. The van der Waals surface area contributed by atoms with Crippen LogP contribution in [0.3, 0.4) is 0 Å². The highest BCUT2D eigenvalue weighted by molar-refractivity contribution is 7.16. The lowest BCUT2D eigenvalue weighted by molar-refractivity contribution is -0.110. The van der Waals surface area contributed by atoms with Gasteiger partial charge >= 0.3 is 0 Å². The van der Waals surface area contributed by atoms with Crippen LogP contribution in [0.2, 0.25) is 4.34 Å². The van der Waals surface area contributed by atoms with Gasteiger partial charge in [-0.15, -0.1) is 11.3 Å². The van der Waals surface area contributed by atoms with Crippen LogP contribution in [0.4, 0.5) is 0 Å². The Morgan fingerprint density at radius 2 is 2.20 bits per heavy atom. The topological polar surface area (TPSA) is 38.2 Å². The molecule has 2 aliphatic rings.